The lowest BCUT2D eigenvalue weighted by atomic mass is 9.85. The van der Waals surface area contributed by atoms with Gasteiger partial charge >= 0.3 is 11.9 Å². The summed E-state index contributed by atoms with van der Waals surface area (Å²) in [7, 11) is 1.41. The van der Waals surface area contributed by atoms with E-state index in [1.807, 2.05) is 0 Å². The summed E-state index contributed by atoms with van der Waals surface area (Å²) in [5.41, 5.74) is 0.378. The molecular weight excluding hydrogens is 318 g/mol. The predicted molar refractivity (Wildman–Crippen MR) is 84.4 cm³/mol. The number of carbonyl (C=O) groups is 2. The molecule has 24 heavy (non-hydrogen) atoms. The third-order valence-electron chi connectivity index (χ3n) is 3.37. The van der Waals surface area contributed by atoms with Crippen LogP contribution in [-0.2, 0) is 19.1 Å². The van der Waals surface area contributed by atoms with E-state index in [2.05, 4.69) is 0 Å². The molecule has 1 rings (SSSR count). The van der Waals surface area contributed by atoms with Gasteiger partial charge in [-0.05, 0) is 19.9 Å². The molecule has 0 aromatic heterocycles. The summed E-state index contributed by atoms with van der Waals surface area (Å²) in [6, 6.07) is 6.53. The van der Waals surface area contributed by atoms with Crippen molar-refractivity contribution in [2.45, 2.75) is 19.8 Å². The van der Waals surface area contributed by atoms with E-state index in [-0.39, 0.29) is 13.2 Å². The number of carbonyl (C=O) groups excluding carboxylic acids is 2. The molecule has 0 fully saturated rings. The van der Waals surface area contributed by atoms with Crippen molar-refractivity contribution >= 4 is 11.9 Å². The Hall–Kier alpha value is -2.64. The minimum atomic E-state index is -1.44. The quantitative estimate of drug-likeness (QED) is 0.292. The molecule has 0 saturated heterocycles. The van der Waals surface area contributed by atoms with Crippen molar-refractivity contribution in [2.24, 2.45) is 5.92 Å². The zero-order valence-electron chi connectivity index (χ0n) is 13.9. The number of rotatable bonds is 9. The van der Waals surface area contributed by atoms with Gasteiger partial charge in [0.1, 0.15) is 5.75 Å². The van der Waals surface area contributed by atoms with Gasteiger partial charge in [-0.15, -0.1) is 0 Å². The van der Waals surface area contributed by atoms with Crippen molar-refractivity contribution in [2.75, 3.05) is 26.9 Å². The number of nitro groups is 1. The van der Waals surface area contributed by atoms with E-state index in [9.17, 15) is 19.7 Å². The van der Waals surface area contributed by atoms with E-state index in [0.717, 1.165) is 0 Å². The molecule has 1 atom stereocenters. The Bertz CT molecular complexity index is 570. The molecule has 8 nitrogen and oxygen atoms in total. The molecule has 1 aromatic rings. The molecule has 0 radical (unpaired) electrons. The molecule has 1 aromatic carbocycles. The van der Waals surface area contributed by atoms with Gasteiger partial charge in [-0.1, -0.05) is 18.2 Å². The Balaban J connectivity index is 3.37. The zero-order chi connectivity index (χ0) is 18.1. The highest BCUT2D eigenvalue weighted by molar-refractivity contribution is 5.96. The molecule has 0 spiro atoms. The highest BCUT2D eigenvalue weighted by Gasteiger charge is 2.42. The van der Waals surface area contributed by atoms with Gasteiger partial charge in [0.2, 0.25) is 6.54 Å². The fourth-order valence-electron chi connectivity index (χ4n) is 2.41. The van der Waals surface area contributed by atoms with Crippen LogP contribution in [0.1, 0.15) is 25.3 Å². The molecule has 0 aliphatic heterocycles. The third-order valence-corrected chi connectivity index (χ3v) is 3.37. The fourth-order valence-corrected chi connectivity index (χ4v) is 2.41. The van der Waals surface area contributed by atoms with Gasteiger partial charge in [-0.3, -0.25) is 19.7 Å². The molecule has 132 valence electrons. The second kappa shape index (κ2) is 9.49. The standard InChI is InChI=1S/C16H21NO7/c1-4-23-15(18)14(16(19)24-5-2)12(10-17(20)21)11-8-6-7-9-13(11)22-3/h6-9,12,14H,4-5,10H2,1-3H3/t12-/m1/s1. The average Bonchev–Trinajstić information content (AvgIpc) is 2.54. The van der Waals surface area contributed by atoms with Gasteiger partial charge in [0.05, 0.1) is 26.2 Å². The van der Waals surface area contributed by atoms with Gasteiger partial charge < -0.3 is 14.2 Å². The minimum Gasteiger partial charge on any atom is -0.496 e. The average molecular weight is 339 g/mol. The Kier molecular flexibility index (Phi) is 7.67. The molecule has 0 aliphatic carbocycles. The maximum Gasteiger partial charge on any atom is 0.321 e. The first kappa shape index (κ1) is 19.4. The summed E-state index contributed by atoms with van der Waals surface area (Å²) in [6.07, 6.45) is 0. The van der Waals surface area contributed by atoms with Gasteiger partial charge in [-0.2, -0.15) is 0 Å². The summed E-state index contributed by atoms with van der Waals surface area (Å²) in [5, 5.41) is 11.1. The lowest BCUT2D eigenvalue weighted by Crippen LogP contribution is -2.36. The summed E-state index contributed by atoms with van der Waals surface area (Å²) in [5.74, 6) is -3.86. The van der Waals surface area contributed by atoms with Crippen LogP contribution in [-0.4, -0.2) is 43.7 Å². The third kappa shape index (κ3) is 4.94. The topological polar surface area (TPSA) is 105 Å². The highest BCUT2D eigenvalue weighted by Crippen LogP contribution is 2.33. The first-order chi connectivity index (χ1) is 11.5. The number of hydrogen-bond acceptors (Lipinski definition) is 7. The largest absolute Gasteiger partial charge is 0.496 e. The van der Waals surface area contributed by atoms with Crippen LogP contribution in [0.4, 0.5) is 0 Å². The molecule has 0 unspecified atom stereocenters. The van der Waals surface area contributed by atoms with Crippen LogP contribution >= 0.6 is 0 Å². The summed E-state index contributed by atoms with van der Waals surface area (Å²) in [6.45, 7) is 2.64. The molecule has 8 heteroatoms. The summed E-state index contributed by atoms with van der Waals surface area (Å²) in [4.78, 5) is 35.1. The lowest BCUT2D eigenvalue weighted by Gasteiger charge is -2.23. The number of benzene rings is 1. The molecule has 0 heterocycles. The number of para-hydroxylation sites is 1. The molecule has 0 bridgehead atoms. The lowest BCUT2D eigenvalue weighted by molar-refractivity contribution is -0.484. The number of esters is 2. The van der Waals surface area contributed by atoms with Crippen LogP contribution in [0, 0.1) is 16.0 Å². The van der Waals surface area contributed by atoms with Crippen LogP contribution in [0.2, 0.25) is 0 Å². The van der Waals surface area contributed by atoms with Crippen LogP contribution in [0.5, 0.6) is 5.75 Å². The summed E-state index contributed by atoms with van der Waals surface area (Å²) >= 11 is 0. The Labute approximate surface area is 139 Å². The van der Waals surface area contributed by atoms with Gasteiger partial charge in [-0.25, -0.2) is 0 Å². The number of hydrogen-bond donors (Lipinski definition) is 0. The number of methoxy groups -OCH3 is 1. The van der Waals surface area contributed by atoms with Crippen molar-refractivity contribution in [1.29, 1.82) is 0 Å². The van der Waals surface area contributed by atoms with Gasteiger partial charge in [0.25, 0.3) is 0 Å². The number of ether oxygens (including phenoxy) is 3. The van der Waals surface area contributed by atoms with E-state index in [0.29, 0.717) is 11.3 Å². The molecule has 0 aliphatic rings. The maximum absolute atomic E-state index is 12.3. The van der Waals surface area contributed by atoms with E-state index in [1.165, 1.54) is 7.11 Å². The summed E-state index contributed by atoms with van der Waals surface area (Å²) < 4.78 is 15.1. The Morgan fingerprint density at radius 2 is 1.67 bits per heavy atom. The van der Waals surface area contributed by atoms with Crippen molar-refractivity contribution in [3.05, 3.63) is 39.9 Å². The van der Waals surface area contributed by atoms with Gasteiger partial charge in [0, 0.05) is 10.5 Å². The van der Waals surface area contributed by atoms with Crippen molar-refractivity contribution in [3.8, 4) is 5.75 Å². The number of nitrogens with zero attached hydrogens (tertiary/aromatic N) is 1. The van der Waals surface area contributed by atoms with Crippen LogP contribution in [0.3, 0.4) is 0 Å². The van der Waals surface area contributed by atoms with Crippen molar-refractivity contribution in [3.63, 3.8) is 0 Å². The molecular formula is C16H21NO7. The first-order valence-electron chi connectivity index (χ1n) is 7.54. The Morgan fingerprint density at radius 3 is 2.12 bits per heavy atom. The SMILES string of the molecule is CCOC(=O)C(C(=O)OCC)[C@H](C[N+](=O)[O-])c1ccccc1OC. The normalized spacial score (nSPS) is 11.7. The first-order valence-corrected chi connectivity index (χ1v) is 7.54. The molecule has 0 saturated carbocycles. The fraction of sp³-hybridized carbons (Fsp3) is 0.500. The smallest absolute Gasteiger partial charge is 0.321 e. The minimum absolute atomic E-state index is 0.0475. The van der Waals surface area contributed by atoms with Crippen LogP contribution < -0.4 is 4.74 Å². The van der Waals surface area contributed by atoms with E-state index in [1.54, 1.807) is 38.1 Å². The Morgan fingerprint density at radius 1 is 1.12 bits per heavy atom. The molecule has 0 amide bonds. The van der Waals surface area contributed by atoms with E-state index >= 15 is 0 Å². The zero-order valence-corrected chi connectivity index (χ0v) is 13.9. The van der Waals surface area contributed by atoms with Crippen LogP contribution in [0.15, 0.2) is 24.3 Å². The monoisotopic (exact) mass is 339 g/mol. The highest BCUT2D eigenvalue weighted by atomic mass is 16.6. The second-order valence-electron chi connectivity index (χ2n) is 4.85. The van der Waals surface area contributed by atoms with Crippen LogP contribution in [0.25, 0.3) is 0 Å². The molecule has 0 N–H and O–H groups in total. The predicted octanol–water partition coefficient (Wildman–Crippen LogP) is 1.80. The van der Waals surface area contributed by atoms with Gasteiger partial charge in [0.15, 0.2) is 5.92 Å². The van der Waals surface area contributed by atoms with E-state index in [4.69, 9.17) is 14.2 Å². The van der Waals surface area contributed by atoms with E-state index < -0.39 is 35.2 Å². The maximum atomic E-state index is 12.3. The van der Waals surface area contributed by atoms with Crippen molar-refractivity contribution in [1.82, 2.24) is 0 Å². The second-order valence-corrected chi connectivity index (χ2v) is 4.85. The van der Waals surface area contributed by atoms with Crippen molar-refractivity contribution < 1.29 is 28.7 Å².